The quantitative estimate of drug-likeness (QED) is 0.733. The molecule has 2 heterocycles. The van der Waals surface area contributed by atoms with E-state index in [4.69, 9.17) is 0 Å². The molecule has 1 amide bonds. The first-order chi connectivity index (χ1) is 12.1. The number of nitrogens with one attached hydrogen (secondary N) is 1. The lowest BCUT2D eigenvalue weighted by Crippen LogP contribution is -2.35. The molecule has 1 aromatic heterocycles. The van der Waals surface area contributed by atoms with Crippen molar-refractivity contribution in [3.8, 4) is 0 Å². The van der Waals surface area contributed by atoms with Crippen molar-refractivity contribution >= 4 is 22.4 Å². The molecule has 1 N–H and O–H groups in total. The molecule has 4 heteroatoms. The van der Waals surface area contributed by atoms with Gasteiger partial charge >= 0.3 is 0 Å². The van der Waals surface area contributed by atoms with Gasteiger partial charge in [-0.25, -0.2) is 4.39 Å². The first-order valence-electron chi connectivity index (χ1n) is 8.45. The number of H-pyrrole nitrogens is 1. The summed E-state index contributed by atoms with van der Waals surface area (Å²) in [6, 6.07) is 14.4. The highest BCUT2D eigenvalue weighted by atomic mass is 19.1. The lowest BCUT2D eigenvalue weighted by atomic mass is 9.96. The molecule has 3 aromatic rings. The predicted molar refractivity (Wildman–Crippen MR) is 97.9 cm³/mol. The second-order valence-electron chi connectivity index (χ2n) is 6.38. The van der Waals surface area contributed by atoms with Crippen molar-refractivity contribution < 1.29 is 9.18 Å². The summed E-state index contributed by atoms with van der Waals surface area (Å²) in [5, 5.41) is 1.21. The molecule has 0 fully saturated rings. The molecular formula is C21H19FN2O. The van der Waals surface area contributed by atoms with Crippen LogP contribution in [0, 0.1) is 12.7 Å². The molecule has 0 unspecified atom stereocenters. The molecule has 0 aliphatic carbocycles. The van der Waals surface area contributed by atoms with Gasteiger partial charge in [0.15, 0.2) is 0 Å². The van der Waals surface area contributed by atoms with Gasteiger partial charge in [-0.2, -0.15) is 0 Å². The zero-order valence-corrected chi connectivity index (χ0v) is 14.1. The summed E-state index contributed by atoms with van der Waals surface area (Å²) in [5.41, 5.74) is 4.88. The highest BCUT2D eigenvalue weighted by molar-refractivity contribution is 5.97. The van der Waals surface area contributed by atoms with Crippen molar-refractivity contribution in [3.63, 3.8) is 0 Å². The van der Waals surface area contributed by atoms with Gasteiger partial charge in [0.2, 0.25) is 0 Å². The van der Waals surface area contributed by atoms with Gasteiger partial charge in [-0.15, -0.1) is 0 Å². The van der Waals surface area contributed by atoms with Crippen LogP contribution in [-0.2, 0) is 0 Å². The molecule has 25 heavy (non-hydrogen) atoms. The van der Waals surface area contributed by atoms with Gasteiger partial charge in [-0.05, 0) is 37.1 Å². The highest BCUT2D eigenvalue weighted by Crippen LogP contribution is 2.32. The molecule has 2 aromatic carbocycles. The van der Waals surface area contributed by atoms with Crippen LogP contribution < -0.4 is 0 Å². The van der Waals surface area contributed by atoms with Crippen LogP contribution in [0.25, 0.3) is 16.5 Å². The predicted octanol–water partition coefficient (Wildman–Crippen LogP) is 4.54. The average Bonchev–Trinajstić information content (AvgIpc) is 2.97. The minimum atomic E-state index is -0.463. The SMILES string of the molecule is Cc1[nH]c2ccccc2c1C1=CCN(C(=O)c2ccccc2F)CC1. The van der Waals surface area contributed by atoms with Crippen LogP contribution in [0.15, 0.2) is 54.6 Å². The molecule has 0 spiro atoms. The van der Waals surface area contributed by atoms with Gasteiger partial charge in [-0.3, -0.25) is 4.79 Å². The van der Waals surface area contributed by atoms with Gasteiger partial charge in [0.1, 0.15) is 5.82 Å². The Hall–Kier alpha value is -2.88. The molecule has 4 rings (SSSR count). The van der Waals surface area contributed by atoms with Crippen LogP contribution in [0.5, 0.6) is 0 Å². The number of hydrogen-bond donors (Lipinski definition) is 1. The fourth-order valence-electron chi connectivity index (χ4n) is 3.58. The molecule has 0 saturated heterocycles. The summed E-state index contributed by atoms with van der Waals surface area (Å²) in [7, 11) is 0. The Kier molecular flexibility index (Phi) is 3.88. The van der Waals surface area contributed by atoms with Crippen molar-refractivity contribution in [1.29, 1.82) is 0 Å². The summed E-state index contributed by atoms with van der Waals surface area (Å²) in [6.45, 7) is 3.17. The zero-order valence-electron chi connectivity index (χ0n) is 14.1. The Morgan fingerprint density at radius 2 is 1.88 bits per heavy atom. The Morgan fingerprint density at radius 1 is 1.12 bits per heavy atom. The van der Waals surface area contributed by atoms with Crippen molar-refractivity contribution in [1.82, 2.24) is 9.88 Å². The number of fused-ring (bicyclic) bond motifs is 1. The Balaban J connectivity index is 1.61. The summed E-state index contributed by atoms with van der Waals surface area (Å²) in [4.78, 5) is 17.7. The number of carbonyl (C=O) groups excluding carboxylic acids is 1. The lowest BCUT2D eigenvalue weighted by molar-refractivity contribution is 0.0768. The van der Waals surface area contributed by atoms with E-state index in [2.05, 4.69) is 30.1 Å². The van der Waals surface area contributed by atoms with Crippen LogP contribution in [0.4, 0.5) is 4.39 Å². The monoisotopic (exact) mass is 334 g/mol. The van der Waals surface area contributed by atoms with Crippen molar-refractivity contribution in [2.24, 2.45) is 0 Å². The summed E-state index contributed by atoms with van der Waals surface area (Å²) in [5.74, 6) is -0.709. The molecule has 1 aliphatic heterocycles. The molecule has 0 radical (unpaired) electrons. The summed E-state index contributed by atoms with van der Waals surface area (Å²) in [6.07, 6.45) is 2.85. The number of para-hydroxylation sites is 1. The molecule has 0 atom stereocenters. The molecule has 3 nitrogen and oxygen atoms in total. The summed E-state index contributed by atoms with van der Waals surface area (Å²) < 4.78 is 13.9. The van der Waals surface area contributed by atoms with Gasteiger partial charge in [0.05, 0.1) is 5.56 Å². The first kappa shape index (κ1) is 15.6. The first-order valence-corrected chi connectivity index (χ1v) is 8.45. The van der Waals surface area contributed by atoms with Crippen molar-refractivity contribution in [3.05, 3.63) is 77.2 Å². The number of amides is 1. The second-order valence-corrected chi connectivity index (χ2v) is 6.38. The number of aromatic nitrogens is 1. The van der Waals surface area contributed by atoms with E-state index < -0.39 is 5.82 Å². The molecule has 126 valence electrons. The molecule has 1 aliphatic rings. The number of carbonyl (C=O) groups is 1. The van der Waals surface area contributed by atoms with Crippen LogP contribution in [0.1, 0.15) is 28.0 Å². The van der Waals surface area contributed by atoms with Crippen molar-refractivity contribution in [2.45, 2.75) is 13.3 Å². The highest BCUT2D eigenvalue weighted by Gasteiger charge is 2.23. The van der Waals surface area contributed by atoms with Crippen LogP contribution in [0.3, 0.4) is 0 Å². The van der Waals surface area contributed by atoms with Gasteiger partial charge in [-0.1, -0.05) is 36.4 Å². The topological polar surface area (TPSA) is 36.1 Å². The average molecular weight is 334 g/mol. The second kappa shape index (κ2) is 6.20. The van der Waals surface area contributed by atoms with E-state index in [-0.39, 0.29) is 11.5 Å². The normalized spacial score (nSPS) is 14.6. The van der Waals surface area contributed by atoms with Crippen LogP contribution in [-0.4, -0.2) is 28.9 Å². The van der Waals surface area contributed by atoms with Crippen LogP contribution in [0.2, 0.25) is 0 Å². The maximum atomic E-state index is 13.9. The maximum absolute atomic E-state index is 13.9. The number of hydrogen-bond acceptors (Lipinski definition) is 1. The smallest absolute Gasteiger partial charge is 0.257 e. The van der Waals surface area contributed by atoms with Crippen LogP contribution >= 0.6 is 0 Å². The lowest BCUT2D eigenvalue weighted by Gasteiger charge is -2.27. The number of aromatic amines is 1. The third-order valence-electron chi connectivity index (χ3n) is 4.82. The zero-order chi connectivity index (χ0) is 17.4. The van der Waals surface area contributed by atoms with E-state index in [1.807, 2.05) is 12.1 Å². The van der Waals surface area contributed by atoms with Crippen molar-refractivity contribution in [2.75, 3.05) is 13.1 Å². The van der Waals surface area contributed by atoms with E-state index in [1.54, 1.807) is 23.1 Å². The van der Waals surface area contributed by atoms with Gasteiger partial charge in [0.25, 0.3) is 5.91 Å². The Labute approximate surface area is 145 Å². The number of halogens is 1. The van der Waals surface area contributed by atoms with E-state index in [9.17, 15) is 9.18 Å². The third kappa shape index (κ3) is 2.74. The fraction of sp³-hybridized carbons (Fsp3) is 0.190. The van der Waals surface area contributed by atoms with E-state index in [0.717, 1.165) is 17.6 Å². The largest absolute Gasteiger partial charge is 0.358 e. The number of benzene rings is 2. The fourth-order valence-corrected chi connectivity index (χ4v) is 3.58. The van der Waals surface area contributed by atoms with Gasteiger partial charge in [0, 0.05) is 35.2 Å². The maximum Gasteiger partial charge on any atom is 0.257 e. The summed E-state index contributed by atoms with van der Waals surface area (Å²) >= 11 is 0. The minimum Gasteiger partial charge on any atom is -0.358 e. The Bertz CT molecular complexity index is 986. The van der Waals surface area contributed by atoms with E-state index in [1.165, 1.54) is 22.6 Å². The third-order valence-corrected chi connectivity index (χ3v) is 4.82. The minimum absolute atomic E-state index is 0.141. The molecular weight excluding hydrogens is 315 g/mol. The molecule has 0 saturated carbocycles. The number of nitrogens with zero attached hydrogens (tertiary/aromatic N) is 1. The van der Waals surface area contributed by atoms with E-state index in [0.29, 0.717) is 13.1 Å². The standard InChI is InChI=1S/C21H19FN2O/c1-14-20(17-7-3-5-9-19(17)23-14)15-10-12-24(13-11-15)21(25)16-6-2-4-8-18(16)22/h2-10,23H,11-13H2,1H3. The number of rotatable bonds is 2. The Morgan fingerprint density at radius 3 is 2.64 bits per heavy atom. The number of aryl methyl sites for hydroxylation is 1. The molecule has 0 bridgehead atoms. The van der Waals surface area contributed by atoms with Gasteiger partial charge < -0.3 is 9.88 Å². The van der Waals surface area contributed by atoms with E-state index >= 15 is 0 Å².